The van der Waals surface area contributed by atoms with Gasteiger partial charge in [0.2, 0.25) is 0 Å². The van der Waals surface area contributed by atoms with Crippen molar-refractivity contribution in [2.24, 2.45) is 0 Å². The monoisotopic (exact) mass is 348 g/mol. The first-order chi connectivity index (χ1) is 11.4. The molecule has 0 unspecified atom stereocenters. The molecule has 3 nitrogen and oxygen atoms in total. The van der Waals surface area contributed by atoms with Crippen molar-refractivity contribution in [3.63, 3.8) is 0 Å². The maximum absolute atomic E-state index is 13.8. The van der Waals surface area contributed by atoms with E-state index in [1.54, 1.807) is 23.6 Å². The summed E-state index contributed by atoms with van der Waals surface area (Å²) in [5.41, 5.74) is 1.47. The lowest BCUT2D eigenvalue weighted by atomic mass is 10.1. The van der Waals surface area contributed by atoms with Gasteiger partial charge < -0.3 is 9.88 Å². The van der Waals surface area contributed by atoms with Crippen molar-refractivity contribution in [2.45, 2.75) is 20.4 Å². The Kier molecular flexibility index (Phi) is 4.28. The number of hydrogen-bond donors (Lipinski definition) is 1. The van der Waals surface area contributed by atoms with Gasteiger partial charge in [-0.05, 0) is 49.7 Å². The number of nitrogens with zero attached hydrogens (tertiary/aromatic N) is 1. The van der Waals surface area contributed by atoms with Crippen LogP contribution in [0.3, 0.4) is 0 Å². The fourth-order valence-corrected chi connectivity index (χ4v) is 3.08. The molecule has 0 saturated heterocycles. The van der Waals surface area contributed by atoms with Crippen LogP contribution in [0.4, 0.5) is 14.5 Å². The van der Waals surface area contributed by atoms with Gasteiger partial charge in [0.1, 0.15) is 23.0 Å². The number of fused-ring (bicyclic) bond motifs is 1. The topological polar surface area (TPSA) is 34.0 Å². The molecule has 0 fully saturated rings. The maximum atomic E-state index is 13.8. The SMILES string of the molecule is CCn1c(C(=O)Nc2c(F)cccc2F)c(C)c2cc(Cl)ccc21. The first-order valence-electron chi connectivity index (χ1n) is 7.47. The molecule has 1 N–H and O–H groups in total. The van der Waals surface area contributed by atoms with Crippen molar-refractivity contribution >= 4 is 34.1 Å². The lowest BCUT2D eigenvalue weighted by Gasteiger charge is -2.11. The zero-order valence-electron chi connectivity index (χ0n) is 13.2. The second kappa shape index (κ2) is 6.24. The van der Waals surface area contributed by atoms with Crippen LogP contribution in [0.25, 0.3) is 10.9 Å². The molecule has 2 aromatic carbocycles. The summed E-state index contributed by atoms with van der Waals surface area (Å²) in [5, 5.41) is 3.74. The van der Waals surface area contributed by atoms with Crippen molar-refractivity contribution < 1.29 is 13.6 Å². The van der Waals surface area contributed by atoms with Gasteiger partial charge in [-0.1, -0.05) is 17.7 Å². The average Bonchev–Trinajstić information content (AvgIpc) is 2.83. The Balaban J connectivity index is 2.12. The number of para-hydroxylation sites is 1. The normalized spacial score (nSPS) is 11.0. The van der Waals surface area contributed by atoms with E-state index >= 15 is 0 Å². The number of aromatic nitrogens is 1. The minimum absolute atomic E-state index is 0.359. The highest BCUT2D eigenvalue weighted by Crippen LogP contribution is 2.29. The standard InChI is InChI=1S/C18H15ClF2N2O/c1-3-23-15-8-7-11(19)9-12(15)10(2)17(23)18(24)22-16-13(20)5-4-6-14(16)21/h4-9H,3H2,1-2H3,(H,22,24). The third kappa shape index (κ3) is 2.65. The first kappa shape index (κ1) is 16.5. The molecule has 0 spiro atoms. The van der Waals surface area contributed by atoms with Gasteiger partial charge in [0.05, 0.1) is 0 Å². The molecule has 0 aliphatic heterocycles. The van der Waals surface area contributed by atoms with Crippen LogP contribution in [0.5, 0.6) is 0 Å². The lowest BCUT2D eigenvalue weighted by molar-refractivity contribution is 0.101. The van der Waals surface area contributed by atoms with Gasteiger partial charge in [0.25, 0.3) is 5.91 Å². The van der Waals surface area contributed by atoms with E-state index in [0.29, 0.717) is 22.8 Å². The van der Waals surface area contributed by atoms with Crippen molar-refractivity contribution in [1.29, 1.82) is 0 Å². The van der Waals surface area contributed by atoms with Crippen LogP contribution in [0.1, 0.15) is 23.0 Å². The van der Waals surface area contributed by atoms with E-state index in [2.05, 4.69) is 5.32 Å². The highest BCUT2D eigenvalue weighted by molar-refractivity contribution is 6.31. The van der Waals surface area contributed by atoms with Crippen LogP contribution in [0.2, 0.25) is 5.02 Å². The fraction of sp³-hybridized carbons (Fsp3) is 0.167. The summed E-state index contributed by atoms with van der Waals surface area (Å²) < 4.78 is 29.4. The third-order valence-corrected chi connectivity index (χ3v) is 4.25. The Morgan fingerprint density at radius 2 is 1.88 bits per heavy atom. The highest BCUT2D eigenvalue weighted by atomic mass is 35.5. The molecule has 6 heteroatoms. The second-order valence-corrected chi connectivity index (χ2v) is 5.87. The van der Waals surface area contributed by atoms with Gasteiger partial charge in [-0.2, -0.15) is 0 Å². The van der Waals surface area contributed by atoms with Crippen LogP contribution in [0, 0.1) is 18.6 Å². The number of rotatable bonds is 3. The summed E-state index contributed by atoms with van der Waals surface area (Å²) >= 11 is 6.04. The zero-order valence-corrected chi connectivity index (χ0v) is 13.9. The number of nitrogens with one attached hydrogen (secondary N) is 1. The van der Waals surface area contributed by atoms with E-state index in [0.717, 1.165) is 23.0 Å². The number of amides is 1. The first-order valence-corrected chi connectivity index (χ1v) is 7.85. The highest BCUT2D eigenvalue weighted by Gasteiger charge is 2.21. The molecule has 0 atom stereocenters. The predicted octanol–water partition coefficient (Wildman–Crippen LogP) is 5.15. The summed E-state index contributed by atoms with van der Waals surface area (Å²) in [5.74, 6) is -2.20. The van der Waals surface area contributed by atoms with Gasteiger partial charge in [-0.15, -0.1) is 0 Å². The Morgan fingerprint density at radius 1 is 1.21 bits per heavy atom. The minimum Gasteiger partial charge on any atom is -0.337 e. The number of carbonyl (C=O) groups is 1. The smallest absolute Gasteiger partial charge is 0.272 e. The van der Waals surface area contributed by atoms with Gasteiger partial charge in [-0.3, -0.25) is 4.79 Å². The van der Waals surface area contributed by atoms with E-state index in [-0.39, 0.29) is 0 Å². The van der Waals surface area contributed by atoms with Gasteiger partial charge in [0, 0.05) is 22.5 Å². The fourth-order valence-electron chi connectivity index (χ4n) is 2.91. The summed E-state index contributed by atoms with van der Waals surface area (Å²) in [4.78, 5) is 12.7. The molecule has 0 radical (unpaired) electrons. The average molecular weight is 349 g/mol. The molecule has 1 aromatic heterocycles. The zero-order chi connectivity index (χ0) is 17.4. The van der Waals surface area contributed by atoms with Gasteiger partial charge >= 0.3 is 0 Å². The minimum atomic E-state index is -0.816. The van der Waals surface area contributed by atoms with E-state index < -0.39 is 23.2 Å². The quantitative estimate of drug-likeness (QED) is 0.697. The molecule has 0 bridgehead atoms. The Hall–Kier alpha value is -2.40. The van der Waals surface area contributed by atoms with Crippen LogP contribution in [-0.2, 0) is 6.54 Å². The molecule has 1 amide bonds. The molecule has 24 heavy (non-hydrogen) atoms. The van der Waals surface area contributed by atoms with E-state index in [9.17, 15) is 13.6 Å². The van der Waals surface area contributed by atoms with Crippen LogP contribution in [0.15, 0.2) is 36.4 Å². The van der Waals surface area contributed by atoms with E-state index in [1.807, 2.05) is 13.0 Å². The number of carbonyl (C=O) groups excluding carboxylic acids is 1. The lowest BCUT2D eigenvalue weighted by Crippen LogP contribution is -2.19. The van der Waals surface area contributed by atoms with Crippen molar-refractivity contribution in [3.8, 4) is 0 Å². The van der Waals surface area contributed by atoms with Crippen LogP contribution < -0.4 is 5.32 Å². The Morgan fingerprint density at radius 3 is 2.50 bits per heavy atom. The summed E-state index contributed by atoms with van der Waals surface area (Å²) in [6.07, 6.45) is 0. The maximum Gasteiger partial charge on any atom is 0.272 e. The van der Waals surface area contributed by atoms with Crippen molar-refractivity contribution in [2.75, 3.05) is 5.32 Å². The van der Waals surface area contributed by atoms with E-state index in [4.69, 9.17) is 11.6 Å². The molecular weight excluding hydrogens is 334 g/mol. The van der Waals surface area contributed by atoms with E-state index in [1.165, 1.54) is 6.07 Å². The number of aryl methyl sites for hydroxylation is 2. The summed E-state index contributed by atoms with van der Waals surface area (Å²) in [6.45, 7) is 4.22. The predicted molar refractivity (Wildman–Crippen MR) is 91.7 cm³/mol. The Labute approximate surface area is 142 Å². The number of halogens is 3. The molecule has 1 heterocycles. The van der Waals surface area contributed by atoms with Crippen LogP contribution >= 0.6 is 11.6 Å². The molecule has 0 aliphatic carbocycles. The Bertz CT molecular complexity index is 930. The van der Waals surface area contributed by atoms with Gasteiger partial charge in [0.15, 0.2) is 0 Å². The summed E-state index contributed by atoms with van der Waals surface area (Å²) in [6, 6.07) is 8.79. The second-order valence-electron chi connectivity index (χ2n) is 5.43. The number of benzene rings is 2. The molecule has 0 aliphatic rings. The summed E-state index contributed by atoms with van der Waals surface area (Å²) in [7, 11) is 0. The molecule has 0 saturated carbocycles. The number of hydrogen-bond acceptors (Lipinski definition) is 1. The van der Waals surface area contributed by atoms with Crippen molar-refractivity contribution in [3.05, 3.63) is 64.3 Å². The molecular formula is C18H15ClF2N2O. The number of anilines is 1. The van der Waals surface area contributed by atoms with Gasteiger partial charge in [-0.25, -0.2) is 8.78 Å². The molecule has 3 rings (SSSR count). The third-order valence-electron chi connectivity index (χ3n) is 4.01. The van der Waals surface area contributed by atoms with Crippen molar-refractivity contribution in [1.82, 2.24) is 4.57 Å². The molecule has 124 valence electrons. The van der Waals surface area contributed by atoms with Crippen LogP contribution in [-0.4, -0.2) is 10.5 Å². The largest absolute Gasteiger partial charge is 0.337 e. The molecule has 3 aromatic rings.